The molecule has 5 heteroatoms. The molecule has 1 heterocycles. The third-order valence-electron chi connectivity index (χ3n) is 5.05. The number of hydrogen-bond donors (Lipinski definition) is 0. The summed E-state index contributed by atoms with van der Waals surface area (Å²) in [6.45, 7) is 10.8. The van der Waals surface area contributed by atoms with Crippen molar-refractivity contribution >= 4 is 25.8 Å². The molecule has 3 rings (SSSR count). The summed E-state index contributed by atoms with van der Waals surface area (Å²) in [5.74, 6) is 0.0679. The van der Waals surface area contributed by atoms with E-state index >= 15 is 0 Å². The van der Waals surface area contributed by atoms with Gasteiger partial charge in [-0.25, -0.2) is 4.90 Å². The second kappa shape index (κ2) is 5.84. The maximum atomic E-state index is 12.8. The second-order valence-corrected chi connectivity index (χ2v) is 12.6. The molecule has 0 unspecified atom stereocenters. The fraction of sp³-hybridized carbons (Fsp3) is 0.300. The van der Waals surface area contributed by atoms with Gasteiger partial charge in [0.2, 0.25) is 8.32 Å². The van der Waals surface area contributed by atoms with E-state index in [4.69, 9.17) is 4.43 Å². The lowest BCUT2D eigenvalue weighted by molar-refractivity contribution is 0.0926. The third-order valence-corrected chi connectivity index (χ3v) is 9.41. The Labute approximate surface area is 149 Å². The molecule has 2 amide bonds. The van der Waals surface area contributed by atoms with E-state index in [2.05, 4.69) is 33.9 Å². The van der Waals surface area contributed by atoms with Crippen LogP contribution in [0.2, 0.25) is 18.1 Å². The number of rotatable bonds is 3. The van der Waals surface area contributed by atoms with Gasteiger partial charge in [-0.15, -0.1) is 0 Å². The van der Waals surface area contributed by atoms with Gasteiger partial charge in [-0.3, -0.25) is 9.59 Å². The SMILES string of the molecule is CC(C)(C)[Si](C)(C)Oc1ccc2c(c1)C(=O)N(c1ccccc1)C2=O. The van der Waals surface area contributed by atoms with Crippen LogP contribution in [0.3, 0.4) is 0 Å². The molecule has 0 atom stereocenters. The van der Waals surface area contributed by atoms with Crippen LogP contribution in [0.25, 0.3) is 0 Å². The number of carbonyl (C=O) groups is 2. The van der Waals surface area contributed by atoms with Crippen LogP contribution in [0.4, 0.5) is 5.69 Å². The number of anilines is 1. The molecule has 0 N–H and O–H groups in total. The molecular formula is C20H23NO3Si. The van der Waals surface area contributed by atoms with E-state index in [1.807, 2.05) is 18.2 Å². The number of carbonyl (C=O) groups excluding carboxylic acids is 2. The summed E-state index contributed by atoms with van der Waals surface area (Å²) >= 11 is 0. The summed E-state index contributed by atoms with van der Waals surface area (Å²) in [5, 5.41) is 0.0575. The lowest BCUT2D eigenvalue weighted by Gasteiger charge is -2.36. The zero-order valence-electron chi connectivity index (χ0n) is 15.3. The molecule has 0 saturated heterocycles. The van der Waals surface area contributed by atoms with Gasteiger partial charge in [-0.2, -0.15) is 0 Å². The van der Waals surface area contributed by atoms with Crippen molar-refractivity contribution in [1.29, 1.82) is 0 Å². The van der Waals surface area contributed by atoms with Crippen molar-refractivity contribution in [2.45, 2.75) is 38.9 Å². The van der Waals surface area contributed by atoms with E-state index in [0.717, 1.165) is 0 Å². The molecule has 2 aromatic rings. The van der Waals surface area contributed by atoms with Crippen molar-refractivity contribution in [2.75, 3.05) is 4.90 Å². The Morgan fingerprint density at radius 1 is 0.880 bits per heavy atom. The van der Waals surface area contributed by atoms with Gasteiger partial charge in [-0.05, 0) is 48.5 Å². The van der Waals surface area contributed by atoms with Crippen molar-refractivity contribution < 1.29 is 14.0 Å². The monoisotopic (exact) mass is 353 g/mol. The topological polar surface area (TPSA) is 46.6 Å². The smallest absolute Gasteiger partial charge is 0.266 e. The number of amides is 2. The maximum absolute atomic E-state index is 12.8. The molecule has 0 spiro atoms. The Balaban J connectivity index is 1.95. The minimum Gasteiger partial charge on any atom is -0.543 e. The normalized spacial score (nSPS) is 14.7. The summed E-state index contributed by atoms with van der Waals surface area (Å²) in [4.78, 5) is 26.6. The lowest BCUT2D eigenvalue weighted by Crippen LogP contribution is -2.43. The van der Waals surface area contributed by atoms with Crippen LogP contribution in [-0.4, -0.2) is 20.1 Å². The third kappa shape index (κ3) is 3.00. The highest BCUT2D eigenvalue weighted by molar-refractivity contribution is 6.74. The molecule has 0 aliphatic carbocycles. The van der Waals surface area contributed by atoms with Crippen LogP contribution >= 0.6 is 0 Å². The van der Waals surface area contributed by atoms with Gasteiger partial charge in [0.25, 0.3) is 11.8 Å². The molecule has 130 valence electrons. The summed E-state index contributed by atoms with van der Waals surface area (Å²) in [5.41, 5.74) is 1.42. The van der Waals surface area contributed by atoms with Gasteiger partial charge in [0.15, 0.2) is 0 Å². The molecule has 0 fully saturated rings. The second-order valence-electron chi connectivity index (χ2n) is 7.85. The molecule has 0 radical (unpaired) electrons. The summed E-state index contributed by atoms with van der Waals surface area (Å²) in [6, 6.07) is 14.2. The van der Waals surface area contributed by atoms with E-state index in [0.29, 0.717) is 22.6 Å². The number of fused-ring (bicyclic) bond motifs is 1. The van der Waals surface area contributed by atoms with Crippen LogP contribution < -0.4 is 9.33 Å². The quantitative estimate of drug-likeness (QED) is 0.584. The highest BCUT2D eigenvalue weighted by Gasteiger charge is 2.40. The molecular weight excluding hydrogens is 330 g/mol. The minimum absolute atomic E-state index is 0.0575. The standard InChI is InChI=1S/C20H23NO3Si/c1-20(2,3)25(4,5)24-15-11-12-16-17(13-15)19(23)21(18(16)22)14-9-7-6-8-10-14/h6-13H,1-5H3. The number of nitrogens with zero attached hydrogens (tertiary/aromatic N) is 1. The first-order chi connectivity index (χ1) is 11.6. The molecule has 25 heavy (non-hydrogen) atoms. The van der Waals surface area contributed by atoms with Crippen molar-refractivity contribution in [3.63, 3.8) is 0 Å². The fourth-order valence-electron chi connectivity index (χ4n) is 2.54. The molecule has 0 aromatic heterocycles. The number of benzene rings is 2. The number of para-hydroxylation sites is 1. The van der Waals surface area contributed by atoms with Crippen LogP contribution in [0.5, 0.6) is 5.75 Å². The van der Waals surface area contributed by atoms with Crippen LogP contribution in [-0.2, 0) is 0 Å². The molecule has 1 aliphatic rings. The molecule has 0 saturated carbocycles. The summed E-state index contributed by atoms with van der Waals surface area (Å²) in [7, 11) is -2.01. The fourth-order valence-corrected chi connectivity index (χ4v) is 3.57. The largest absolute Gasteiger partial charge is 0.543 e. The Morgan fingerprint density at radius 2 is 1.48 bits per heavy atom. The number of hydrogen-bond acceptors (Lipinski definition) is 3. The van der Waals surface area contributed by atoms with Crippen molar-refractivity contribution in [2.24, 2.45) is 0 Å². The van der Waals surface area contributed by atoms with Crippen LogP contribution in [0.15, 0.2) is 48.5 Å². The highest BCUT2D eigenvalue weighted by atomic mass is 28.4. The zero-order chi connectivity index (χ0) is 18.4. The molecule has 2 aromatic carbocycles. The average molecular weight is 353 g/mol. The Bertz CT molecular complexity index is 838. The average Bonchev–Trinajstić information content (AvgIpc) is 2.78. The first-order valence-electron chi connectivity index (χ1n) is 8.39. The molecule has 0 bridgehead atoms. The van der Waals surface area contributed by atoms with E-state index in [1.54, 1.807) is 30.3 Å². The molecule has 4 nitrogen and oxygen atoms in total. The van der Waals surface area contributed by atoms with Gasteiger partial charge in [0, 0.05) is 0 Å². The van der Waals surface area contributed by atoms with E-state index in [1.165, 1.54) is 4.90 Å². The van der Waals surface area contributed by atoms with Crippen molar-refractivity contribution in [3.05, 3.63) is 59.7 Å². The highest BCUT2D eigenvalue weighted by Crippen LogP contribution is 2.38. The first-order valence-corrected chi connectivity index (χ1v) is 11.3. The summed E-state index contributed by atoms with van der Waals surface area (Å²) < 4.78 is 6.27. The predicted molar refractivity (Wildman–Crippen MR) is 102 cm³/mol. The number of imide groups is 1. The van der Waals surface area contributed by atoms with E-state index < -0.39 is 8.32 Å². The predicted octanol–water partition coefficient (Wildman–Crippen LogP) is 4.87. The lowest BCUT2D eigenvalue weighted by atomic mass is 10.1. The van der Waals surface area contributed by atoms with Crippen LogP contribution in [0, 0.1) is 0 Å². The van der Waals surface area contributed by atoms with Gasteiger partial charge >= 0.3 is 0 Å². The first kappa shape index (κ1) is 17.4. The van der Waals surface area contributed by atoms with Gasteiger partial charge < -0.3 is 4.43 Å². The Hall–Kier alpha value is -2.40. The van der Waals surface area contributed by atoms with Crippen molar-refractivity contribution in [1.82, 2.24) is 0 Å². The minimum atomic E-state index is -2.01. The van der Waals surface area contributed by atoms with E-state index in [9.17, 15) is 9.59 Å². The van der Waals surface area contributed by atoms with Crippen LogP contribution in [0.1, 0.15) is 41.5 Å². The summed E-state index contributed by atoms with van der Waals surface area (Å²) in [6.07, 6.45) is 0. The maximum Gasteiger partial charge on any atom is 0.266 e. The Kier molecular flexibility index (Phi) is 4.07. The molecule has 1 aliphatic heterocycles. The van der Waals surface area contributed by atoms with Gasteiger partial charge in [0.1, 0.15) is 5.75 Å². The van der Waals surface area contributed by atoms with Gasteiger partial charge in [-0.1, -0.05) is 39.0 Å². The zero-order valence-corrected chi connectivity index (χ0v) is 16.3. The van der Waals surface area contributed by atoms with Crippen molar-refractivity contribution in [3.8, 4) is 5.75 Å². The van der Waals surface area contributed by atoms with E-state index in [-0.39, 0.29) is 16.9 Å². The Morgan fingerprint density at radius 3 is 2.08 bits per heavy atom. The van der Waals surface area contributed by atoms with Gasteiger partial charge in [0.05, 0.1) is 16.8 Å².